The van der Waals surface area contributed by atoms with Crippen molar-refractivity contribution in [1.29, 1.82) is 0 Å². The highest BCUT2D eigenvalue weighted by atomic mass is 19.4. The third-order valence-corrected chi connectivity index (χ3v) is 9.29. The Morgan fingerprint density at radius 3 is 1.72 bits per heavy atom. The zero-order valence-electron chi connectivity index (χ0n) is 27.6. The number of alkyl halides is 13. The molecule has 0 spiro atoms. The summed E-state index contributed by atoms with van der Waals surface area (Å²) in [5.74, 6) is -40.0. The first-order valence-corrected chi connectivity index (χ1v) is 16.1. The number of ether oxygens (including phenoxy) is 1. The van der Waals surface area contributed by atoms with Crippen molar-refractivity contribution < 1.29 is 76.2 Å². The van der Waals surface area contributed by atoms with Crippen LogP contribution in [0, 0.1) is 5.92 Å². The Balaban J connectivity index is 1.47. The number of rotatable bonds is 12. The highest BCUT2D eigenvalue weighted by Gasteiger charge is 2.90. The Morgan fingerprint density at radius 1 is 0.685 bits per heavy atom. The van der Waals surface area contributed by atoms with Gasteiger partial charge in [-0.2, -0.15) is 57.1 Å². The van der Waals surface area contributed by atoms with Gasteiger partial charge in [0.1, 0.15) is 6.10 Å². The molecule has 6 nitrogen and oxygen atoms in total. The van der Waals surface area contributed by atoms with E-state index in [0.717, 1.165) is 0 Å². The Bertz CT molecular complexity index is 1780. The summed E-state index contributed by atoms with van der Waals surface area (Å²) >= 11 is 0. The normalized spacial score (nSPS) is 23.1. The minimum atomic E-state index is -8.05. The number of hydroxylamine groups is 1. The van der Waals surface area contributed by atoms with E-state index in [-0.39, 0.29) is 0 Å². The summed E-state index contributed by atoms with van der Waals surface area (Å²) in [4.78, 5) is 34.4. The molecular formula is C35H29F13N2O4. The van der Waals surface area contributed by atoms with Crippen LogP contribution in [0.4, 0.5) is 67.6 Å². The standard InChI is InChI=1S/C35H29F13N2O4/c1-20-26(27(22-13-7-3-8-14-22)50(54-20)23-15-9-4-10-16-23)28(51)49-24(19-21-11-5-2-6-12-21)25(53-29(49)52)17-18-30(36,37)31(38,39)32(40,41)33(42,43)34(44,45)35(46,47)48/h2-16,20,24-27H,17-19H2,1H3/t20-,24-,25+,26-,27-/m0/s1. The molecule has 19 heteroatoms. The van der Waals surface area contributed by atoms with Crippen molar-refractivity contribution in [1.82, 2.24) is 4.90 Å². The van der Waals surface area contributed by atoms with Crippen LogP contribution in [-0.2, 0) is 20.8 Å². The summed E-state index contributed by atoms with van der Waals surface area (Å²) in [6.07, 6.45) is -16.6. The Hall–Kier alpha value is -4.55. The maximum Gasteiger partial charge on any atom is 0.460 e. The molecule has 0 aromatic heterocycles. The fourth-order valence-corrected chi connectivity index (χ4v) is 6.43. The van der Waals surface area contributed by atoms with Crippen LogP contribution in [0.15, 0.2) is 91.0 Å². The quantitative estimate of drug-likeness (QED) is 0.171. The Morgan fingerprint density at radius 2 is 1.19 bits per heavy atom. The predicted octanol–water partition coefficient (Wildman–Crippen LogP) is 9.66. The summed E-state index contributed by atoms with van der Waals surface area (Å²) in [7, 11) is 0. The number of carbonyl (C=O) groups is 2. The SMILES string of the molecule is C[C@@H]1ON(c2ccccc2)[C@@H](c2ccccc2)[C@H]1C(=O)N1C(=O)O[C@H](CCC(F)(F)C(F)(F)C(F)(F)C(F)(F)C(F)(F)C(F)(F)F)[C@@H]1Cc1ccccc1. The third-order valence-electron chi connectivity index (χ3n) is 9.29. The molecule has 0 saturated carbocycles. The molecule has 294 valence electrons. The van der Waals surface area contributed by atoms with Gasteiger partial charge in [-0.25, -0.2) is 14.8 Å². The van der Waals surface area contributed by atoms with Crippen LogP contribution in [0.3, 0.4) is 0 Å². The molecule has 0 unspecified atom stereocenters. The molecule has 0 radical (unpaired) electrons. The van der Waals surface area contributed by atoms with E-state index < -0.39 is 97.3 Å². The van der Waals surface area contributed by atoms with E-state index in [0.29, 0.717) is 21.7 Å². The summed E-state index contributed by atoms with van der Waals surface area (Å²) in [6.45, 7) is 1.49. The second-order valence-corrected chi connectivity index (χ2v) is 12.8. The van der Waals surface area contributed by atoms with E-state index in [4.69, 9.17) is 9.57 Å². The summed E-state index contributed by atoms with van der Waals surface area (Å²) < 4.78 is 184. The van der Waals surface area contributed by atoms with Gasteiger partial charge in [0.15, 0.2) is 0 Å². The number of imide groups is 1. The molecule has 2 amide bonds. The lowest BCUT2D eigenvalue weighted by molar-refractivity contribution is -0.440. The fourth-order valence-electron chi connectivity index (χ4n) is 6.43. The largest absolute Gasteiger partial charge is 0.460 e. The second kappa shape index (κ2) is 14.3. The van der Waals surface area contributed by atoms with Crippen LogP contribution in [0.2, 0.25) is 0 Å². The van der Waals surface area contributed by atoms with Crippen LogP contribution in [0.25, 0.3) is 0 Å². The average molecular weight is 789 g/mol. The van der Waals surface area contributed by atoms with Crippen molar-refractivity contribution in [3.05, 3.63) is 102 Å². The van der Waals surface area contributed by atoms with Crippen molar-refractivity contribution >= 4 is 17.7 Å². The van der Waals surface area contributed by atoms with Crippen molar-refractivity contribution in [2.75, 3.05) is 5.06 Å². The summed E-state index contributed by atoms with van der Waals surface area (Å²) in [5.41, 5.74) is 1.32. The van der Waals surface area contributed by atoms with E-state index in [1.165, 1.54) is 36.3 Å². The number of hydrogen-bond acceptors (Lipinski definition) is 5. The van der Waals surface area contributed by atoms with Crippen molar-refractivity contribution in [3.63, 3.8) is 0 Å². The van der Waals surface area contributed by atoms with Crippen molar-refractivity contribution in [2.24, 2.45) is 5.92 Å². The van der Waals surface area contributed by atoms with Gasteiger partial charge in [-0.05, 0) is 43.0 Å². The van der Waals surface area contributed by atoms with Crippen molar-refractivity contribution in [2.45, 2.75) is 86.3 Å². The number of para-hydroxylation sites is 1. The molecule has 0 N–H and O–H groups in total. The maximum atomic E-state index is 14.9. The zero-order chi connectivity index (χ0) is 40.1. The maximum absolute atomic E-state index is 14.9. The molecule has 5 atom stereocenters. The smallest absolute Gasteiger partial charge is 0.444 e. The highest BCUT2D eigenvalue weighted by molar-refractivity contribution is 5.96. The minimum Gasteiger partial charge on any atom is -0.444 e. The zero-order valence-corrected chi connectivity index (χ0v) is 27.6. The number of carbonyl (C=O) groups excluding carboxylic acids is 2. The Kier molecular flexibility index (Phi) is 10.7. The molecule has 2 aliphatic rings. The van der Waals surface area contributed by atoms with Gasteiger partial charge < -0.3 is 4.74 Å². The molecule has 3 aromatic carbocycles. The van der Waals surface area contributed by atoms with Gasteiger partial charge in [-0.15, -0.1) is 0 Å². The number of anilines is 1. The molecule has 2 saturated heterocycles. The number of cyclic esters (lactones) is 1. The molecular weight excluding hydrogens is 759 g/mol. The van der Waals surface area contributed by atoms with Gasteiger partial charge in [0.2, 0.25) is 5.91 Å². The fraction of sp³-hybridized carbons (Fsp3) is 0.429. The molecule has 54 heavy (non-hydrogen) atoms. The first-order chi connectivity index (χ1) is 25.0. The van der Waals surface area contributed by atoms with E-state index >= 15 is 0 Å². The van der Waals surface area contributed by atoms with Gasteiger partial charge in [-0.1, -0.05) is 78.9 Å². The van der Waals surface area contributed by atoms with Gasteiger partial charge in [0, 0.05) is 6.42 Å². The Labute approximate surface area is 298 Å². The number of hydrogen-bond donors (Lipinski definition) is 0. The average Bonchev–Trinajstić information content (AvgIpc) is 3.62. The third kappa shape index (κ3) is 6.83. The number of nitrogens with zero attached hydrogens (tertiary/aromatic N) is 2. The van der Waals surface area contributed by atoms with Crippen LogP contribution in [0.1, 0.15) is 36.9 Å². The lowest BCUT2D eigenvalue weighted by Crippen LogP contribution is -2.70. The van der Waals surface area contributed by atoms with Gasteiger partial charge in [-0.3, -0.25) is 9.63 Å². The first kappa shape index (κ1) is 40.6. The summed E-state index contributed by atoms with van der Waals surface area (Å²) in [6, 6.07) is 21.6. The van der Waals surface area contributed by atoms with Crippen LogP contribution >= 0.6 is 0 Å². The lowest BCUT2D eigenvalue weighted by atomic mass is 9.87. The van der Waals surface area contributed by atoms with Crippen LogP contribution in [-0.4, -0.2) is 70.9 Å². The van der Waals surface area contributed by atoms with E-state index in [9.17, 15) is 66.7 Å². The number of amides is 2. The molecule has 2 heterocycles. The topological polar surface area (TPSA) is 59.1 Å². The van der Waals surface area contributed by atoms with Crippen molar-refractivity contribution in [3.8, 4) is 0 Å². The lowest BCUT2D eigenvalue weighted by Gasteiger charge is -2.40. The number of benzene rings is 3. The molecule has 3 aromatic rings. The van der Waals surface area contributed by atoms with Gasteiger partial charge in [0.25, 0.3) is 0 Å². The molecule has 2 fully saturated rings. The monoisotopic (exact) mass is 788 g/mol. The molecule has 5 rings (SSSR count). The van der Waals surface area contributed by atoms with Crippen LogP contribution in [0.5, 0.6) is 0 Å². The molecule has 0 aliphatic carbocycles. The summed E-state index contributed by atoms with van der Waals surface area (Å²) in [5, 5.41) is 1.41. The second-order valence-electron chi connectivity index (χ2n) is 12.8. The van der Waals surface area contributed by atoms with E-state index in [1.54, 1.807) is 66.7 Å². The molecule has 0 bridgehead atoms. The van der Waals surface area contributed by atoms with E-state index in [2.05, 4.69) is 0 Å². The number of halogens is 13. The highest BCUT2D eigenvalue weighted by Crippen LogP contribution is 2.61. The van der Waals surface area contributed by atoms with Crippen LogP contribution < -0.4 is 5.06 Å². The van der Waals surface area contributed by atoms with Gasteiger partial charge >= 0.3 is 41.9 Å². The molecule has 2 aliphatic heterocycles. The first-order valence-electron chi connectivity index (χ1n) is 16.1. The van der Waals surface area contributed by atoms with Gasteiger partial charge in [0.05, 0.1) is 29.8 Å². The van der Waals surface area contributed by atoms with E-state index in [1.807, 2.05) is 0 Å². The minimum absolute atomic E-state index is 0.322. The predicted molar refractivity (Wildman–Crippen MR) is 163 cm³/mol.